The number of hydrogen-bond acceptors (Lipinski definition) is 7. The molecule has 3 heterocycles. The van der Waals surface area contributed by atoms with E-state index in [1.54, 1.807) is 13.2 Å². The molecule has 0 bridgehead atoms. The molecule has 1 atom stereocenters. The van der Waals surface area contributed by atoms with Gasteiger partial charge >= 0.3 is 0 Å². The van der Waals surface area contributed by atoms with E-state index >= 15 is 0 Å². The van der Waals surface area contributed by atoms with Crippen LogP contribution < -0.4 is 9.64 Å². The van der Waals surface area contributed by atoms with Gasteiger partial charge in [-0.1, -0.05) is 43.8 Å². The molecular formula is C28H32N4O3S. The van der Waals surface area contributed by atoms with Gasteiger partial charge in [-0.2, -0.15) is 0 Å². The van der Waals surface area contributed by atoms with Crippen molar-refractivity contribution in [1.29, 1.82) is 0 Å². The number of allylic oxidation sites excluding steroid dienone is 2. The van der Waals surface area contributed by atoms with Crippen LogP contribution in [-0.4, -0.2) is 53.2 Å². The van der Waals surface area contributed by atoms with Crippen molar-refractivity contribution < 1.29 is 14.3 Å². The number of aromatic nitrogens is 3. The molecule has 5 rings (SSSR count). The minimum Gasteiger partial charge on any atom is -0.497 e. The van der Waals surface area contributed by atoms with E-state index in [-0.39, 0.29) is 23.1 Å². The molecule has 2 aliphatic rings. The molecule has 2 aromatic carbocycles. The summed E-state index contributed by atoms with van der Waals surface area (Å²) >= 11 is 1.43. The van der Waals surface area contributed by atoms with Crippen molar-refractivity contribution in [3.8, 4) is 17.1 Å². The molecule has 188 valence electrons. The molecule has 36 heavy (non-hydrogen) atoms. The van der Waals surface area contributed by atoms with Gasteiger partial charge in [0.25, 0.3) is 0 Å². The predicted octanol–water partition coefficient (Wildman–Crippen LogP) is 5.11. The molecule has 1 saturated heterocycles. The molecule has 0 aliphatic carbocycles. The molecule has 0 saturated carbocycles. The monoisotopic (exact) mass is 504 g/mol. The Morgan fingerprint density at radius 1 is 1.19 bits per heavy atom. The van der Waals surface area contributed by atoms with Crippen molar-refractivity contribution in [2.24, 2.45) is 0 Å². The minimum absolute atomic E-state index is 0.0559. The van der Waals surface area contributed by atoms with E-state index in [1.165, 1.54) is 17.3 Å². The molecule has 0 amide bonds. The fraction of sp³-hybridized carbons (Fsp3) is 0.393. The highest BCUT2D eigenvalue weighted by molar-refractivity contribution is 7.99. The lowest BCUT2D eigenvalue weighted by molar-refractivity contribution is -0.112. The van der Waals surface area contributed by atoms with Gasteiger partial charge in [0.15, 0.2) is 16.8 Å². The van der Waals surface area contributed by atoms with Crippen molar-refractivity contribution in [1.82, 2.24) is 14.8 Å². The number of likely N-dealkylation sites (N-methyl/N-ethyl adjacent to an activating group) is 1. The van der Waals surface area contributed by atoms with E-state index in [0.29, 0.717) is 6.54 Å². The third-order valence-electron chi connectivity index (χ3n) is 7.06. The number of para-hydroxylation sites is 1. The number of ketones is 1. The van der Waals surface area contributed by atoms with Crippen molar-refractivity contribution in [2.75, 3.05) is 31.4 Å². The molecule has 8 heteroatoms. The Morgan fingerprint density at radius 3 is 2.67 bits per heavy atom. The second kappa shape index (κ2) is 10.1. The molecule has 7 nitrogen and oxygen atoms in total. The number of hydrogen-bond donors (Lipinski definition) is 0. The van der Waals surface area contributed by atoms with Crippen LogP contribution in [0.15, 0.2) is 65.5 Å². The first-order valence-electron chi connectivity index (χ1n) is 12.3. The van der Waals surface area contributed by atoms with Gasteiger partial charge < -0.3 is 14.4 Å². The predicted molar refractivity (Wildman–Crippen MR) is 143 cm³/mol. The van der Waals surface area contributed by atoms with Crippen LogP contribution in [0.3, 0.4) is 0 Å². The van der Waals surface area contributed by atoms with E-state index in [9.17, 15) is 4.79 Å². The fourth-order valence-electron chi connectivity index (χ4n) is 5.09. The Hall–Kier alpha value is -3.10. The zero-order valence-corrected chi connectivity index (χ0v) is 22.0. The van der Waals surface area contributed by atoms with Gasteiger partial charge in [0.2, 0.25) is 0 Å². The lowest BCUT2D eigenvalue weighted by atomic mass is 9.83. The van der Waals surface area contributed by atoms with Gasteiger partial charge in [-0.3, -0.25) is 9.36 Å². The van der Waals surface area contributed by atoms with Crippen LogP contribution in [0.1, 0.15) is 32.3 Å². The number of carbonyl (C=O) groups is 1. The number of benzene rings is 2. The van der Waals surface area contributed by atoms with Gasteiger partial charge in [-0.05, 0) is 48.7 Å². The Morgan fingerprint density at radius 2 is 1.97 bits per heavy atom. The van der Waals surface area contributed by atoms with Gasteiger partial charge in [0.1, 0.15) is 5.75 Å². The molecule has 0 N–H and O–H groups in total. The number of ether oxygens (including phenoxy) is 2. The van der Waals surface area contributed by atoms with E-state index in [4.69, 9.17) is 9.47 Å². The summed E-state index contributed by atoms with van der Waals surface area (Å²) in [7, 11) is 3.68. The standard InChI is InChI=1S/C28H32N4O3S/c1-28(2)23-9-5-6-10-24(23)31(3)25(28)16-20(33)18-36-27-30-29-26(19-11-13-21(34-4)14-12-19)32(27)17-22-8-7-15-35-22/h5-6,9-14,16,22H,7-8,15,17-18H2,1-4H3/b25-16-/t22-/m1/s1. The first kappa shape index (κ1) is 24.6. The number of carbonyl (C=O) groups excluding carboxylic acids is 1. The molecule has 0 radical (unpaired) electrons. The highest BCUT2D eigenvalue weighted by atomic mass is 32.2. The highest BCUT2D eigenvalue weighted by Gasteiger charge is 2.38. The first-order chi connectivity index (χ1) is 17.4. The van der Waals surface area contributed by atoms with Crippen LogP contribution in [0, 0.1) is 0 Å². The molecule has 1 aromatic heterocycles. The van der Waals surface area contributed by atoms with Crippen LogP contribution in [0.5, 0.6) is 5.75 Å². The van der Waals surface area contributed by atoms with Gasteiger partial charge in [-0.25, -0.2) is 0 Å². The summed E-state index contributed by atoms with van der Waals surface area (Å²) in [4.78, 5) is 15.3. The highest BCUT2D eigenvalue weighted by Crippen LogP contribution is 2.46. The maximum Gasteiger partial charge on any atom is 0.192 e. The smallest absolute Gasteiger partial charge is 0.192 e. The number of methoxy groups -OCH3 is 1. The average molecular weight is 505 g/mol. The van der Waals surface area contributed by atoms with E-state index < -0.39 is 0 Å². The summed E-state index contributed by atoms with van der Waals surface area (Å²) in [6, 6.07) is 16.1. The molecule has 3 aromatic rings. The molecule has 2 aliphatic heterocycles. The van der Waals surface area contributed by atoms with Gasteiger partial charge in [0.05, 0.1) is 25.5 Å². The average Bonchev–Trinajstić information content (AvgIpc) is 3.59. The molecular weight excluding hydrogens is 472 g/mol. The second-order valence-electron chi connectivity index (χ2n) is 9.77. The normalized spacial score (nSPS) is 19.6. The number of fused-ring (bicyclic) bond motifs is 1. The van der Waals surface area contributed by atoms with Crippen LogP contribution in [-0.2, 0) is 21.5 Å². The quantitative estimate of drug-likeness (QED) is 0.312. The minimum atomic E-state index is -0.229. The summed E-state index contributed by atoms with van der Waals surface area (Å²) < 4.78 is 13.3. The van der Waals surface area contributed by atoms with Gasteiger partial charge in [0, 0.05) is 42.1 Å². The van der Waals surface area contributed by atoms with Gasteiger partial charge in [-0.15, -0.1) is 10.2 Å². The van der Waals surface area contributed by atoms with Crippen LogP contribution in [0.2, 0.25) is 0 Å². The molecule has 0 spiro atoms. The lowest BCUT2D eigenvalue weighted by Gasteiger charge is -2.23. The number of rotatable bonds is 8. The number of nitrogens with zero attached hydrogens (tertiary/aromatic N) is 4. The van der Waals surface area contributed by atoms with Crippen molar-refractivity contribution >= 4 is 23.2 Å². The van der Waals surface area contributed by atoms with E-state index in [2.05, 4.69) is 51.7 Å². The third-order valence-corrected chi connectivity index (χ3v) is 8.05. The Bertz CT molecular complexity index is 1280. The third kappa shape index (κ3) is 4.67. The topological polar surface area (TPSA) is 69.5 Å². The largest absolute Gasteiger partial charge is 0.497 e. The van der Waals surface area contributed by atoms with Crippen LogP contribution in [0.4, 0.5) is 5.69 Å². The Kier molecular flexibility index (Phi) is 6.90. The molecule has 1 fully saturated rings. The van der Waals surface area contributed by atoms with Crippen molar-refractivity contribution in [3.05, 3.63) is 65.9 Å². The Labute approximate surface area is 216 Å². The second-order valence-corrected chi connectivity index (χ2v) is 10.7. The summed E-state index contributed by atoms with van der Waals surface area (Å²) in [5, 5.41) is 9.68. The maximum atomic E-state index is 13.1. The number of thioether (sulfide) groups is 1. The van der Waals surface area contributed by atoms with Crippen molar-refractivity contribution in [3.63, 3.8) is 0 Å². The zero-order valence-electron chi connectivity index (χ0n) is 21.2. The van der Waals surface area contributed by atoms with E-state index in [1.807, 2.05) is 37.4 Å². The van der Waals surface area contributed by atoms with Crippen LogP contribution >= 0.6 is 11.8 Å². The summed E-state index contributed by atoms with van der Waals surface area (Å²) in [6.45, 7) is 5.78. The van der Waals surface area contributed by atoms with E-state index in [0.717, 1.165) is 53.1 Å². The first-order valence-corrected chi connectivity index (χ1v) is 13.3. The SMILES string of the molecule is COc1ccc(-c2nnc(SCC(=O)/C=C3\N(C)c4ccccc4C3(C)C)n2C[C@H]2CCCO2)cc1. The summed E-state index contributed by atoms with van der Waals surface area (Å²) in [5.41, 5.74) is 4.12. The summed E-state index contributed by atoms with van der Waals surface area (Å²) in [5.74, 6) is 1.91. The lowest BCUT2D eigenvalue weighted by Crippen LogP contribution is -2.24. The maximum absolute atomic E-state index is 13.1. The molecule has 0 unspecified atom stereocenters. The zero-order chi connectivity index (χ0) is 25.3. The number of anilines is 1. The fourth-order valence-corrected chi connectivity index (χ4v) is 5.86. The van der Waals surface area contributed by atoms with Crippen LogP contribution in [0.25, 0.3) is 11.4 Å². The Balaban J connectivity index is 1.36. The van der Waals surface area contributed by atoms with Crippen molar-refractivity contribution in [2.45, 2.75) is 49.9 Å². The summed E-state index contributed by atoms with van der Waals surface area (Å²) in [6.07, 6.45) is 3.99.